The lowest BCUT2D eigenvalue weighted by Crippen LogP contribution is -3.19. The van der Waals surface area contributed by atoms with Crippen molar-refractivity contribution in [2.75, 3.05) is 31.1 Å². The van der Waals surface area contributed by atoms with Crippen molar-refractivity contribution in [2.24, 2.45) is 0 Å². The van der Waals surface area contributed by atoms with Crippen LogP contribution in [-0.2, 0) is 4.79 Å². The fourth-order valence-corrected chi connectivity index (χ4v) is 3.17. The van der Waals surface area contributed by atoms with Crippen LogP contribution in [0, 0.1) is 0 Å². The molecular weight excluding hydrogens is 286 g/mol. The monoisotopic (exact) mass is 308 g/mol. The number of rotatable bonds is 4. The minimum absolute atomic E-state index is 0.0407. The first-order valence-electron chi connectivity index (χ1n) is 7.79. The van der Waals surface area contributed by atoms with Gasteiger partial charge in [0.25, 0.3) is 5.91 Å². The van der Waals surface area contributed by atoms with Crippen LogP contribution in [0.5, 0.6) is 0 Å². The summed E-state index contributed by atoms with van der Waals surface area (Å²) in [5.74, 6) is 0.207. The standard InChI is InChI=1S/C16H22ClN3O/c1-12(16(21)18-13-6-7-13)19-8-10-20(11-9-19)15-5-3-2-4-14(15)17/h2-5,12-13H,6-11H2,1H3,(H,18,21)/p+1/t12-/m0/s1. The third-order valence-electron chi connectivity index (χ3n) is 4.53. The first-order chi connectivity index (χ1) is 10.1. The molecule has 0 radical (unpaired) electrons. The van der Waals surface area contributed by atoms with E-state index >= 15 is 0 Å². The van der Waals surface area contributed by atoms with Gasteiger partial charge in [0.15, 0.2) is 6.04 Å². The molecule has 2 aliphatic rings. The van der Waals surface area contributed by atoms with Gasteiger partial charge in [0, 0.05) is 6.04 Å². The molecule has 1 saturated heterocycles. The lowest BCUT2D eigenvalue weighted by molar-refractivity contribution is -0.914. The van der Waals surface area contributed by atoms with Crippen molar-refractivity contribution in [1.29, 1.82) is 0 Å². The van der Waals surface area contributed by atoms with E-state index in [0.29, 0.717) is 6.04 Å². The van der Waals surface area contributed by atoms with Gasteiger partial charge in [-0.25, -0.2) is 0 Å². The maximum Gasteiger partial charge on any atom is 0.278 e. The Hall–Kier alpha value is -1.26. The Bertz CT molecular complexity index is 510. The molecule has 114 valence electrons. The number of anilines is 1. The van der Waals surface area contributed by atoms with E-state index in [0.717, 1.165) is 49.7 Å². The number of halogens is 1. The third kappa shape index (κ3) is 3.50. The molecule has 1 aliphatic carbocycles. The molecule has 2 N–H and O–H groups in total. The predicted octanol–water partition coefficient (Wildman–Crippen LogP) is 0.712. The fraction of sp³-hybridized carbons (Fsp3) is 0.562. The van der Waals surface area contributed by atoms with Gasteiger partial charge < -0.3 is 15.1 Å². The smallest absolute Gasteiger partial charge is 0.278 e. The van der Waals surface area contributed by atoms with Crippen LogP contribution in [-0.4, -0.2) is 44.2 Å². The summed E-state index contributed by atoms with van der Waals surface area (Å²) in [5, 5.41) is 3.91. The summed E-state index contributed by atoms with van der Waals surface area (Å²) < 4.78 is 0. The Morgan fingerprint density at radius 2 is 2.00 bits per heavy atom. The highest BCUT2D eigenvalue weighted by atomic mass is 35.5. The predicted molar refractivity (Wildman–Crippen MR) is 85.0 cm³/mol. The minimum Gasteiger partial charge on any atom is -0.359 e. The highest BCUT2D eigenvalue weighted by Crippen LogP contribution is 2.24. The zero-order chi connectivity index (χ0) is 14.8. The number of carbonyl (C=O) groups excluding carboxylic acids is 1. The molecule has 21 heavy (non-hydrogen) atoms. The van der Waals surface area contributed by atoms with E-state index in [1.807, 2.05) is 25.1 Å². The largest absolute Gasteiger partial charge is 0.359 e. The molecule has 1 saturated carbocycles. The molecule has 0 spiro atoms. The van der Waals surface area contributed by atoms with Gasteiger partial charge in [-0.3, -0.25) is 4.79 Å². The van der Waals surface area contributed by atoms with Crippen molar-refractivity contribution >= 4 is 23.2 Å². The van der Waals surface area contributed by atoms with Crippen LogP contribution < -0.4 is 15.1 Å². The van der Waals surface area contributed by atoms with Gasteiger partial charge in [0.2, 0.25) is 0 Å². The summed E-state index contributed by atoms with van der Waals surface area (Å²) in [6.07, 6.45) is 2.29. The van der Waals surface area contributed by atoms with E-state index in [2.05, 4.69) is 16.3 Å². The number of benzene rings is 1. The maximum absolute atomic E-state index is 12.1. The average Bonchev–Trinajstić information content (AvgIpc) is 3.31. The lowest BCUT2D eigenvalue weighted by Gasteiger charge is -2.36. The minimum atomic E-state index is 0.0407. The van der Waals surface area contributed by atoms with Crippen molar-refractivity contribution < 1.29 is 9.69 Å². The maximum atomic E-state index is 12.1. The van der Waals surface area contributed by atoms with Gasteiger partial charge in [-0.05, 0) is 31.9 Å². The van der Waals surface area contributed by atoms with E-state index < -0.39 is 0 Å². The zero-order valence-electron chi connectivity index (χ0n) is 12.4. The summed E-state index contributed by atoms with van der Waals surface area (Å²) in [7, 11) is 0. The Morgan fingerprint density at radius 1 is 1.33 bits per heavy atom. The number of nitrogens with zero attached hydrogens (tertiary/aromatic N) is 1. The quantitative estimate of drug-likeness (QED) is 0.860. The number of hydrogen-bond acceptors (Lipinski definition) is 2. The second-order valence-corrected chi connectivity index (χ2v) is 6.51. The Kier molecular flexibility index (Phi) is 4.36. The summed E-state index contributed by atoms with van der Waals surface area (Å²) in [5.41, 5.74) is 1.10. The summed E-state index contributed by atoms with van der Waals surface area (Å²) in [6.45, 7) is 5.88. The first kappa shape index (κ1) is 14.7. The van der Waals surface area contributed by atoms with Crippen LogP contribution in [0.1, 0.15) is 19.8 Å². The van der Waals surface area contributed by atoms with Crippen LogP contribution in [0.15, 0.2) is 24.3 Å². The Morgan fingerprint density at radius 3 is 2.62 bits per heavy atom. The fourth-order valence-electron chi connectivity index (χ4n) is 2.92. The number of nitrogens with one attached hydrogen (secondary N) is 2. The average molecular weight is 309 g/mol. The van der Waals surface area contributed by atoms with Gasteiger partial charge in [-0.2, -0.15) is 0 Å². The van der Waals surface area contributed by atoms with Crippen molar-refractivity contribution in [3.8, 4) is 0 Å². The van der Waals surface area contributed by atoms with Gasteiger partial charge in [-0.15, -0.1) is 0 Å². The number of hydrogen-bond donors (Lipinski definition) is 2. The van der Waals surface area contributed by atoms with Crippen molar-refractivity contribution in [3.63, 3.8) is 0 Å². The molecule has 1 amide bonds. The second kappa shape index (κ2) is 6.24. The summed E-state index contributed by atoms with van der Waals surface area (Å²) >= 11 is 6.26. The van der Waals surface area contributed by atoms with Gasteiger partial charge in [0.1, 0.15) is 0 Å². The Labute approximate surface area is 131 Å². The van der Waals surface area contributed by atoms with E-state index in [-0.39, 0.29) is 11.9 Å². The molecule has 1 aromatic carbocycles. The van der Waals surface area contributed by atoms with Crippen molar-refractivity contribution in [2.45, 2.75) is 31.8 Å². The molecule has 5 heteroatoms. The number of para-hydroxylation sites is 1. The third-order valence-corrected chi connectivity index (χ3v) is 4.85. The van der Waals surface area contributed by atoms with Gasteiger partial charge in [0.05, 0.1) is 36.9 Å². The van der Waals surface area contributed by atoms with Crippen molar-refractivity contribution in [1.82, 2.24) is 5.32 Å². The number of piperazine rings is 1. The van der Waals surface area contributed by atoms with Crippen LogP contribution in [0.4, 0.5) is 5.69 Å². The SMILES string of the molecule is C[C@@H](C(=O)NC1CC1)[NH+]1CCN(c2ccccc2Cl)CC1. The number of carbonyl (C=O) groups is 1. The van der Waals surface area contributed by atoms with Crippen LogP contribution in [0.2, 0.25) is 5.02 Å². The number of quaternary nitrogens is 1. The van der Waals surface area contributed by atoms with E-state index in [1.165, 1.54) is 4.90 Å². The molecule has 1 aromatic rings. The first-order valence-corrected chi connectivity index (χ1v) is 8.17. The molecular formula is C16H23ClN3O+. The molecule has 2 fully saturated rings. The molecule has 0 unspecified atom stereocenters. The van der Waals surface area contributed by atoms with Gasteiger partial charge in [-0.1, -0.05) is 23.7 Å². The van der Waals surface area contributed by atoms with E-state index in [9.17, 15) is 4.79 Å². The van der Waals surface area contributed by atoms with Crippen LogP contribution in [0.25, 0.3) is 0 Å². The molecule has 1 aliphatic heterocycles. The zero-order valence-corrected chi connectivity index (χ0v) is 13.2. The molecule has 4 nitrogen and oxygen atoms in total. The van der Waals surface area contributed by atoms with Crippen LogP contribution in [0.3, 0.4) is 0 Å². The highest BCUT2D eigenvalue weighted by Gasteiger charge is 2.32. The topological polar surface area (TPSA) is 36.8 Å². The summed E-state index contributed by atoms with van der Waals surface area (Å²) in [6, 6.07) is 8.46. The molecule has 0 aromatic heterocycles. The number of amides is 1. The van der Waals surface area contributed by atoms with Gasteiger partial charge >= 0.3 is 0 Å². The Balaban J connectivity index is 1.54. The highest BCUT2D eigenvalue weighted by molar-refractivity contribution is 6.33. The molecule has 1 atom stereocenters. The summed E-state index contributed by atoms with van der Waals surface area (Å²) in [4.78, 5) is 15.8. The normalized spacial score (nSPS) is 21.1. The van der Waals surface area contributed by atoms with E-state index in [4.69, 9.17) is 11.6 Å². The lowest BCUT2D eigenvalue weighted by atomic mass is 10.2. The van der Waals surface area contributed by atoms with Crippen molar-refractivity contribution in [3.05, 3.63) is 29.3 Å². The molecule has 0 bridgehead atoms. The molecule has 1 heterocycles. The molecule has 3 rings (SSSR count). The second-order valence-electron chi connectivity index (χ2n) is 6.10. The van der Waals surface area contributed by atoms with E-state index in [1.54, 1.807) is 0 Å². The van der Waals surface area contributed by atoms with Crippen LogP contribution >= 0.6 is 11.6 Å².